The minimum absolute atomic E-state index is 0.183. The SMILES string of the molecule is Cc1nc(CSc2ccc(C(=O)OCC(=O)N3CCC(C(N)=O)CC3)cc2)cs1. The van der Waals surface area contributed by atoms with Crippen LogP contribution in [-0.2, 0) is 20.1 Å². The topological polar surface area (TPSA) is 103 Å². The number of carbonyl (C=O) groups excluding carboxylic acids is 3. The van der Waals surface area contributed by atoms with Gasteiger partial charge in [0.15, 0.2) is 6.61 Å². The Bertz CT molecular complexity index is 874. The Morgan fingerprint density at radius 1 is 1.24 bits per heavy atom. The number of primary amides is 1. The van der Waals surface area contributed by atoms with Crippen molar-refractivity contribution in [2.75, 3.05) is 19.7 Å². The van der Waals surface area contributed by atoms with Crippen molar-refractivity contribution in [1.82, 2.24) is 9.88 Å². The van der Waals surface area contributed by atoms with Gasteiger partial charge in [-0.25, -0.2) is 9.78 Å². The predicted octanol–water partition coefficient (Wildman–Crippen LogP) is 2.62. The maximum atomic E-state index is 12.2. The largest absolute Gasteiger partial charge is 0.452 e. The van der Waals surface area contributed by atoms with Crippen molar-refractivity contribution in [3.8, 4) is 0 Å². The van der Waals surface area contributed by atoms with Crippen molar-refractivity contribution >= 4 is 40.9 Å². The second kappa shape index (κ2) is 9.89. The third-order valence-electron chi connectivity index (χ3n) is 4.72. The molecule has 2 amide bonds. The number of benzene rings is 1. The van der Waals surface area contributed by atoms with Crippen LogP contribution in [0, 0.1) is 12.8 Å². The lowest BCUT2D eigenvalue weighted by Gasteiger charge is -2.30. The molecule has 0 spiro atoms. The number of thiazole rings is 1. The van der Waals surface area contributed by atoms with E-state index < -0.39 is 5.97 Å². The van der Waals surface area contributed by atoms with Gasteiger partial charge in [-0.15, -0.1) is 23.1 Å². The average molecular weight is 434 g/mol. The van der Waals surface area contributed by atoms with Crippen LogP contribution in [0.2, 0.25) is 0 Å². The van der Waals surface area contributed by atoms with Crippen LogP contribution in [0.4, 0.5) is 0 Å². The summed E-state index contributed by atoms with van der Waals surface area (Å²) in [6, 6.07) is 7.10. The molecule has 3 rings (SSSR count). The van der Waals surface area contributed by atoms with E-state index in [0.717, 1.165) is 21.3 Å². The molecule has 2 N–H and O–H groups in total. The van der Waals surface area contributed by atoms with Gasteiger partial charge in [0.05, 0.1) is 16.3 Å². The highest BCUT2D eigenvalue weighted by atomic mass is 32.2. The van der Waals surface area contributed by atoms with Crippen LogP contribution in [0.3, 0.4) is 0 Å². The number of amides is 2. The number of rotatable bonds is 7. The molecule has 2 aromatic rings. The molecule has 1 aliphatic rings. The van der Waals surface area contributed by atoms with Gasteiger partial charge in [0.1, 0.15) is 0 Å². The summed E-state index contributed by atoms with van der Waals surface area (Å²) in [7, 11) is 0. The molecule has 1 aromatic heterocycles. The van der Waals surface area contributed by atoms with Crippen molar-refractivity contribution in [2.45, 2.75) is 30.4 Å². The van der Waals surface area contributed by atoms with E-state index in [2.05, 4.69) is 4.98 Å². The van der Waals surface area contributed by atoms with Crippen molar-refractivity contribution in [3.63, 3.8) is 0 Å². The highest BCUT2D eigenvalue weighted by Gasteiger charge is 2.26. The highest BCUT2D eigenvalue weighted by molar-refractivity contribution is 7.98. The molecule has 9 heteroatoms. The number of hydrogen-bond donors (Lipinski definition) is 1. The van der Waals surface area contributed by atoms with Crippen LogP contribution in [0.15, 0.2) is 34.5 Å². The number of nitrogens with two attached hydrogens (primary N) is 1. The normalized spacial score (nSPS) is 14.6. The molecule has 1 saturated heterocycles. The summed E-state index contributed by atoms with van der Waals surface area (Å²) in [6.45, 7) is 2.58. The van der Waals surface area contributed by atoms with Crippen LogP contribution < -0.4 is 5.73 Å². The maximum Gasteiger partial charge on any atom is 0.338 e. The summed E-state index contributed by atoms with van der Waals surface area (Å²) in [6.07, 6.45) is 1.10. The first kappa shape index (κ1) is 21.3. The third-order valence-corrected chi connectivity index (χ3v) is 6.59. The minimum atomic E-state index is -0.531. The highest BCUT2D eigenvalue weighted by Crippen LogP contribution is 2.24. The number of aromatic nitrogens is 1. The molecule has 1 aliphatic heterocycles. The van der Waals surface area contributed by atoms with E-state index in [1.165, 1.54) is 0 Å². The van der Waals surface area contributed by atoms with Crippen LogP contribution in [-0.4, -0.2) is 47.4 Å². The number of hydrogen-bond acceptors (Lipinski definition) is 7. The zero-order valence-corrected chi connectivity index (χ0v) is 17.8. The first-order chi connectivity index (χ1) is 13.9. The van der Waals surface area contributed by atoms with Gasteiger partial charge >= 0.3 is 5.97 Å². The summed E-state index contributed by atoms with van der Waals surface area (Å²) in [4.78, 5) is 42.7. The second-order valence-corrected chi connectivity index (χ2v) is 8.92. The fraction of sp³-hybridized carbons (Fsp3) is 0.400. The molecule has 29 heavy (non-hydrogen) atoms. The number of thioether (sulfide) groups is 1. The molecule has 0 saturated carbocycles. The quantitative estimate of drug-likeness (QED) is 0.532. The van der Waals surface area contributed by atoms with Gasteiger partial charge < -0.3 is 15.4 Å². The van der Waals surface area contributed by atoms with Crippen molar-refractivity contribution in [2.24, 2.45) is 11.7 Å². The molecule has 1 aromatic carbocycles. The Labute approximate surface area is 177 Å². The molecular weight excluding hydrogens is 410 g/mol. The zero-order chi connectivity index (χ0) is 20.8. The van der Waals surface area contributed by atoms with Crippen molar-refractivity contribution in [1.29, 1.82) is 0 Å². The Kier molecular flexibility index (Phi) is 7.27. The molecule has 2 heterocycles. The van der Waals surface area contributed by atoms with Gasteiger partial charge in [-0.2, -0.15) is 0 Å². The fourth-order valence-electron chi connectivity index (χ4n) is 3.03. The molecule has 7 nitrogen and oxygen atoms in total. The third kappa shape index (κ3) is 6.04. The summed E-state index contributed by atoms with van der Waals surface area (Å²) in [5.41, 5.74) is 6.74. The zero-order valence-electron chi connectivity index (χ0n) is 16.1. The summed E-state index contributed by atoms with van der Waals surface area (Å²) >= 11 is 3.27. The predicted molar refractivity (Wildman–Crippen MR) is 112 cm³/mol. The Hall–Kier alpha value is -2.39. The Morgan fingerprint density at radius 3 is 2.52 bits per heavy atom. The lowest BCUT2D eigenvalue weighted by molar-refractivity contribution is -0.137. The number of aryl methyl sites for hydroxylation is 1. The molecular formula is C20H23N3O4S2. The van der Waals surface area contributed by atoms with Crippen LogP contribution >= 0.6 is 23.1 Å². The van der Waals surface area contributed by atoms with Crippen molar-refractivity contribution in [3.05, 3.63) is 45.9 Å². The molecule has 1 fully saturated rings. The van der Waals surface area contributed by atoms with Gasteiger partial charge in [0, 0.05) is 35.0 Å². The standard InChI is InChI=1S/C20H23N3O4S2/c1-13-22-16(11-28-13)12-29-17-4-2-15(3-5-17)20(26)27-10-18(24)23-8-6-14(7-9-23)19(21)25/h2-5,11,14H,6-10,12H2,1H3,(H2,21,25). The number of esters is 1. The van der Waals surface area contributed by atoms with Crippen LogP contribution in [0.5, 0.6) is 0 Å². The smallest absolute Gasteiger partial charge is 0.338 e. The summed E-state index contributed by atoms with van der Waals surface area (Å²) in [5, 5.41) is 3.09. The first-order valence-corrected chi connectivity index (χ1v) is 11.2. The monoisotopic (exact) mass is 433 g/mol. The van der Waals surface area contributed by atoms with Crippen LogP contribution in [0.1, 0.15) is 33.9 Å². The van der Waals surface area contributed by atoms with E-state index in [4.69, 9.17) is 10.5 Å². The maximum absolute atomic E-state index is 12.2. The fourth-order valence-corrected chi connectivity index (χ4v) is 4.54. The van der Waals surface area contributed by atoms with E-state index in [9.17, 15) is 14.4 Å². The van der Waals surface area contributed by atoms with E-state index >= 15 is 0 Å². The van der Waals surface area contributed by atoms with Gasteiger partial charge in [-0.3, -0.25) is 9.59 Å². The van der Waals surface area contributed by atoms with E-state index in [0.29, 0.717) is 31.5 Å². The van der Waals surface area contributed by atoms with Gasteiger partial charge in [-0.05, 0) is 44.0 Å². The summed E-state index contributed by atoms with van der Waals surface area (Å²) in [5.74, 6) is -0.525. The molecule has 0 radical (unpaired) electrons. The number of ether oxygens (including phenoxy) is 1. The minimum Gasteiger partial charge on any atom is -0.452 e. The average Bonchev–Trinajstić information content (AvgIpc) is 3.15. The van der Waals surface area contributed by atoms with E-state index in [1.54, 1.807) is 40.1 Å². The lowest BCUT2D eigenvalue weighted by atomic mass is 9.96. The lowest BCUT2D eigenvalue weighted by Crippen LogP contribution is -2.43. The number of nitrogens with zero attached hydrogens (tertiary/aromatic N) is 2. The number of piperidine rings is 1. The number of likely N-dealkylation sites (tertiary alicyclic amines) is 1. The van der Waals surface area contributed by atoms with Gasteiger partial charge in [0.25, 0.3) is 5.91 Å². The van der Waals surface area contributed by atoms with E-state index in [1.807, 2.05) is 24.4 Å². The van der Waals surface area contributed by atoms with Crippen molar-refractivity contribution < 1.29 is 19.1 Å². The Balaban J connectivity index is 1.43. The van der Waals surface area contributed by atoms with Gasteiger partial charge in [0.2, 0.25) is 5.91 Å². The number of carbonyl (C=O) groups is 3. The van der Waals surface area contributed by atoms with Gasteiger partial charge in [-0.1, -0.05) is 0 Å². The second-order valence-electron chi connectivity index (χ2n) is 6.80. The van der Waals surface area contributed by atoms with Crippen LogP contribution in [0.25, 0.3) is 0 Å². The molecule has 154 valence electrons. The molecule has 0 atom stereocenters. The molecule has 0 bridgehead atoms. The Morgan fingerprint density at radius 2 is 1.93 bits per heavy atom. The first-order valence-electron chi connectivity index (χ1n) is 9.30. The summed E-state index contributed by atoms with van der Waals surface area (Å²) < 4.78 is 5.15. The molecule has 0 aliphatic carbocycles. The molecule has 0 unspecified atom stereocenters. The van der Waals surface area contributed by atoms with E-state index in [-0.39, 0.29) is 24.3 Å².